The summed E-state index contributed by atoms with van der Waals surface area (Å²) in [4.78, 5) is 23.0. The number of benzene rings is 1. The molecule has 1 atom stereocenters. The van der Waals surface area contributed by atoms with E-state index in [4.69, 9.17) is 9.47 Å². The Bertz CT molecular complexity index is 1040. The Morgan fingerprint density at radius 1 is 1.23 bits per heavy atom. The summed E-state index contributed by atoms with van der Waals surface area (Å²) < 4.78 is 25.7. The highest BCUT2D eigenvalue weighted by Gasteiger charge is 2.28. The molecule has 0 bridgehead atoms. The van der Waals surface area contributed by atoms with Gasteiger partial charge in [0, 0.05) is 31.4 Å². The number of hydrogen-bond acceptors (Lipinski definition) is 6. The zero-order chi connectivity index (χ0) is 21.1. The van der Waals surface area contributed by atoms with Crippen molar-refractivity contribution in [1.82, 2.24) is 24.6 Å². The summed E-state index contributed by atoms with van der Waals surface area (Å²) in [6.07, 6.45) is 3.04. The van der Waals surface area contributed by atoms with E-state index in [1.807, 2.05) is 0 Å². The Kier molecular flexibility index (Phi) is 5.60. The molecule has 8 nitrogen and oxygen atoms in total. The molecule has 0 N–H and O–H groups in total. The Balaban J connectivity index is 1.47. The second-order valence-electron chi connectivity index (χ2n) is 7.06. The molecular formula is C21H22FN5O3. The van der Waals surface area contributed by atoms with Gasteiger partial charge in [-0.15, -0.1) is 0 Å². The fraction of sp³-hybridized carbons (Fsp3) is 0.333. The van der Waals surface area contributed by atoms with Gasteiger partial charge in [0.25, 0.3) is 5.91 Å². The van der Waals surface area contributed by atoms with Crippen molar-refractivity contribution < 1.29 is 18.7 Å². The third-order valence-electron chi connectivity index (χ3n) is 4.98. The first kappa shape index (κ1) is 19.8. The molecule has 156 valence electrons. The lowest BCUT2D eigenvalue weighted by molar-refractivity contribution is 0.0516. The molecule has 1 unspecified atom stereocenters. The lowest BCUT2D eigenvalue weighted by Crippen LogP contribution is -2.45. The zero-order valence-corrected chi connectivity index (χ0v) is 16.8. The van der Waals surface area contributed by atoms with Crippen LogP contribution in [0.2, 0.25) is 0 Å². The number of aromatic nitrogens is 4. The normalized spacial score (nSPS) is 16.4. The summed E-state index contributed by atoms with van der Waals surface area (Å²) in [5.74, 6) is -0.0149. The molecule has 1 fully saturated rings. The SMILES string of the molecule is COc1nccc(OC2CCCN(C(=O)c3cc(-c4ccc(F)cc4)nn3C)C2)n1. The summed E-state index contributed by atoms with van der Waals surface area (Å²) >= 11 is 0. The molecule has 1 aliphatic heterocycles. The van der Waals surface area contributed by atoms with Gasteiger partial charge in [0.1, 0.15) is 17.6 Å². The minimum Gasteiger partial charge on any atom is -0.472 e. The molecule has 1 amide bonds. The third-order valence-corrected chi connectivity index (χ3v) is 4.98. The molecule has 0 radical (unpaired) electrons. The van der Waals surface area contributed by atoms with Gasteiger partial charge in [0.15, 0.2) is 0 Å². The largest absolute Gasteiger partial charge is 0.472 e. The van der Waals surface area contributed by atoms with E-state index in [9.17, 15) is 9.18 Å². The first-order valence-electron chi connectivity index (χ1n) is 9.66. The van der Waals surface area contributed by atoms with Crippen LogP contribution in [0.15, 0.2) is 42.6 Å². The highest BCUT2D eigenvalue weighted by Crippen LogP contribution is 2.23. The number of amides is 1. The van der Waals surface area contributed by atoms with Crippen molar-refractivity contribution >= 4 is 5.91 Å². The third kappa shape index (κ3) is 4.24. The second kappa shape index (κ2) is 8.48. The van der Waals surface area contributed by atoms with Crippen LogP contribution >= 0.6 is 0 Å². The number of hydrogen-bond donors (Lipinski definition) is 0. The van der Waals surface area contributed by atoms with E-state index in [2.05, 4.69) is 15.1 Å². The average Bonchev–Trinajstić information content (AvgIpc) is 3.15. The molecule has 3 aromatic rings. The van der Waals surface area contributed by atoms with Crippen molar-refractivity contribution in [2.75, 3.05) is 20.2 Å². The predicted molar refractivity (Wildman–Crippen MR) is 107 cm³/mol. The van der Waals surface area contributed by atoms with Crippen molar-refractivity contribution in [2.24, 2.45) is 7.05 Å². The maximum Gasteiger partial charge on any atom is 0.319 e. The highest BCUT2D eigenvalue weighted by molar-refractivity contribution is 5.93. The molecule has 9 heteroatoms. The van der Waals surface area contributed by atoms with Gasteiger partial charge in [0.05, 0.1) is 19.3 Å². The molecular weight excluding hydrogens is 389 g/mol. The number of carbonyl (C=O) groups is 1. The summed E-state index contributed by atoms with van der Waals surface area (Å²) in [7, 11) is 3.22. The molecule has 0 aliphatic carbocycles. The second-order valence-corrected chi connectivity index (χ2v) is 7.06. The molecule has 0 spiro atoms. The number of piperidine rings is 1. The van der Waals surface area contributed by atoms with E-state index in [1.165, 1.54) is 19.2 Å². The number of likely N-dealkylation sites (tertiary alicyclic amines) is 1. The van der Waals surface area contributed by atoms with Gasteiger partial charge in [-0.1, -0.05) is 0 Å². The van der Waals surface area contributed by atoms with Gasteiger partial charge >= 0.3 is 6.01 Å². The lowest BCUT2D eigenvalue weighted by Gasteiger charge is -2.32. The van der Waals surface area contributed by atoms with Crippen LogP contribution < -0.4 is 9.47 Å². The Hall–Kier alpha value is -3.49. The summed E-state index contributed by atoms with van der Waals surface area (Å²) in [5, 5.41) is 4.42. The van der Waals surface area contributed by atoms with Crippen LogP contribution in [0, 0.1) is 5.82 Å². The molecule has 1 aliphatic rings. The van der Waals surface area contributed by atoms with Crippen LogP contribution in [0.25, 0.3) is 11.3 Å². The van der Waals surface area contributed by atoms with Crippen molar-refractivity contribution in [3.05, 3.63) is 54.1 Å². The van der Waals surface area contributed by atoms with Crippen LogP contribution in [0.5, 0.6) is 11.9 Å². The van der Waals surface area contributed by atoms with Crippen LogP contribution in [0.3, 0.4) is 0 Å². The number of carbonyl (C=O) groups excluding carboxylic acids is 1. The van der Waals surface area contributed by atoms with Crippen LogP contribution in [-0.4, -0.2) is 56.9 Å². The van der Waals surface area contributed by atoms with Crippen molar-refractivity contribution in [2.45, 2.75) is 18.9 Å². The fourth-order valence-electron chi connectivity index (χ4n) is 3.47. The van der Waals surface area contributed by atoms with Gasteiger partial charge in [0.2, 0.25) is 5.88 Å². The molecule has 30 heavy (non-hydrogen) atoms. The molecule has 1 saturated heterocycles. The van der Waals surface area contributed by atoms with E-state index < -0.39 is 0 Å². The van der Waals surface area contributed by atoms with Gasteiger partial charge in [-0.25, -0.2) is 9.37 Å². The van der Waals surface area contributed by atoms with Crippen LogP contribution in [-0.2, 0) is 7.05 Å². The number of rotatable bonds is 5. The number of halogens is 1. The quantitative estimate of drug-likeness (QED) is 0.642. The summed E-state index contributed by atoms with van der Waals surface area (Å²) in [6.45, 7) is 1.09. The van der Waals surface area contributed by atoms with Gasteiger partial charge < -0.3 is 14.4 Å². The monoisotopic (exact) mass is 411 g/mol. The minimum absolute atomic E-state index is 0.119. The first-order valence-corrected chi connectivity index (χ1v) is 9.66. The number of ether oxygens (including phenoxy) is 2. The van der Waals surface area contributed by atoms with E-state index in [0.717, 1.165) is 18.4 Å². The molecule has 2 aromatic heterocycles. The molecule has 1 aromatic carbocycles. The van der Waals surface area contributed by atoms with Crippen molar-refractivity contribution in [3.8, 4) is 23.1 Å². The van der Waals surface area contributed by atoms with E-state index in [1.54, 1.807) is 47.1 Å². The van der Waals surface area contributed by atoms with Crippen LogP contribution in [0.4, 0.5) is 4.39 Å². The Morgan fingerprint density at radius 2 is 2.03 bits per heavy atom. The highest BCUT2D eigenvalue weighted by atomic mass is 19.1. The lowest BCUT2D eigenvalue weighted by atomic mass is 10.1. The Morgan fingerprint density at radius 3 is 2.80 bits per heavy atom. The van der Waals surface area contributed by atoms with E-state index in [0.29, 0.717) is 30.4 Å². The predicted octanol–water partition coefficient (Wildman–Crippen LogP) is 2.71. The molecule has 4 rings (SSSR count). The molecule has 3 heterocycles. The number of methoxy groups -OCH3 is 1. The van der Waals surface area contributed by atoms with Crippen LogP contribution in [0.1, 0.15) is 23.3 Å². The topological polar surface area (TPSA) is 82.4 Å². The number of nitrogens with zero attached hydrogens (tertiary/aromatic N) is 5. The van der Waals surface area contributed by atoms with Gasteiger partial charge in [-0.3, -0.25) is 9.48 Å². The van der Waals surface area contributed by atoms with Crippen molar-refractivity contribution in [3.63, 3.8) is 0 Å². The fourth-order valence-corrected chi connectivity index (χ4v) is 3.47. The van der Waals surface area contributed by atoms with Gasteiger partial charge in [-0.05, 0) is 43.2 Å². The average molecular weight is 411 g/mol. The summed E-state index contributed by atoms with van der Waals surface area (Å²) in [5.41, 5.74) is 1.85. The standard InChI is InChI=1S/C21H22FN5O3/c1-26-18(12-17(25-26)14-5-7-15(22)8-6-14)20(28)27-11-3-4-16(13-27)30-19-9-10-23-21(24-19)29-2/h5-10,12,16H,3-4,11,13H2,1-2H3. The maximum atomic E-state index is 13.2. The zero-order valence-electron chi connectivity index (χ0n) is 16.8. The smallest absolute Gasteiger partial charge is 0.319 e. The van der Waals surface area contributed by atoms with Crippen molar-refractivity contribution in [1.29, 1.82) is 0 Å². The minimum atomic E-state index is -0.313. The van der Waals surface area contributed by atoms with Gasteiger partial charge in [-0.2, -0.15) is 10.1 Å². The maximum absolute atomic E-state index is 13.2. The number of aryl methyl sites for hydroxylation is 1. The first-order chi connectivity index (χ1) is 14.5. The van der Waals surface area contributed by atoms with E-state index >= 15 is 0 Å². The molecule has 0 saturated carbocycles. The van der Waals surface area contributed by atoms with E-state index in [-0.39, 0.29) is 23.8 Å². The Labute approximate surface area is 173 Å². The summed E-state index contributed by atoms with van der Waals surface area (Å²) in [6, 6.07) is 9.67.